The fourth-order valence-corrected chi connectivity index (χ4v) is 3.05. The Morgan fingerprint density at radius 1 is 1.07 bits per heavy atom. The molecule has 1 heterocycles. The van der Waals surface area contributed by atoms with Crippen LogP contribution in [0.5, 0.6) is 0 Å². The first kappa shape index (κ1) is 21.5. The number of hydrogen-bond acceptors (Lipinski definition) is 6. The van der Waals surface area contributed by atoms with Crippen molar-refractivity contribution in [3.05, 3.63) is 65.5 Å². The lowest BCUT2D eigenvalue weighted by atomic mass is 10.2. The van der Waals surface area contributed by atoms with E-state index < -0.39 is 11.9 Å². The Kier molecular flexibility index (Phi) is 7.53. The maximum Gasteiger partial charge on any atom is 0.325 e. The number of halogens is 1. The number of carbonyl (C=O) groups is 2. The molecule has 3 amide bonds. The minimum atomic E-state index is -0.582. The third-order valence-corrected chi connectivity index (χ3v) is 4.45. The third kappa shape index (κ3) is 6.13. The predicted molar refractivity (Wildman–Crippen MR) is 114 cm³/mol. The molecule has 2 N–H and O–H groups in total. The fraction of sp³-hybridized carbons (Fsp3) is 0.238. The number of carbonyl (C=O) groups excluding carboxylic acids is 2. The molecule has 9 heteroatoms. The topological polar surface area (TPSA) is 100 Å². The molecular formula is C21H22ClN5O3. The molecule has 3 aromatic rings. The molecule has 0 atom stereocenters. The quantitative estimate of drug-likeness (QED) is 0.564. The molecule has 1 aromatic heterocycles. The van der Waals surface area contributed by atoms with Gasteiger partial charge in [0.05, 0.1) is 23.7 Å². The van der Waals surface area contributed by atoms with Gasteiger partial charge in [0.2, 0.25) is 17.7 Å². The van der Waals surface area contributed by atoms with Crippen LogP contribution in [-0.4, -0.2) is 40.1 Å². The molecule has 156 valence electrons. The lowest BCUT2D eigenvalue weighted by molar-refractivity contribution is -0.121. The predicted octanol–water partition coefficient (Wildman–Crippen LogP) is 3.95. The average Bonchev–Trinajstić information content (AvgIpc) is 3.17. The Morgan fingerprint density at radius 2 is 1.80 bits per heavy atom. The molecule has 30 heavy (non-hydrogen) atoms. The van der Waals surface area contributed by atoms with Gasteiger partial charge in [-0.3, -0.25) is 15.0 Å². The molecule has 0 aliphatic heterocycles. The molecule has 2 aromatic carbocycles. The monoisotopic (exact) mass is 427 g/mol. The van der Waals surface area contributed by atoms with E-state index in [0.29, 0.717) is 34.6 Å². The molecule has 0 unspecified atom stereocenters. The first-order valence-electron chi connectivity index (χ1n) is 9.50. The molecule has 0 saturated carbocycles. The highest BCUT2D eigenvalue weighted by Gasteiger charge is 2.17. The van der Waals surface area contributed by atoms with E-state index in [9.17, 15) is 9.59 Å². The summed E-state index contributed by atoms with van der Waals surface area (Å²) < 4.78 is 5.71. The van der Waals surface area contributed by atoms with Crippen molar-refractivity contribution in [2.45, 2.75) is 19.9 Å². The van der Waals surface area contributed by atoms with E-state index in [1.807, 2.05) is 30.0 Å². The minimum Gasteiger partial charge on any atom is -0.419 e. The van der Waals surface area contributed by atoms with Gasteiger partial charge in [0.1, 0.15) is 0 Å². The number of aromatic nitrogens is 2. The van der Waals surface area contributed by atoms with Crippen LogP contribution in [0.2, 0.25) is 5.02 Å². The number of anilines is 1. The van der Waals surface area contributed by atoms with Crippen LogP contribution in [0, 0.1) is 0 Å². The van der Waals surface area contributed by atoms with E-state index in [4.69, 9.17) is 16.0 Å². The van der Waals surface area contributed by atoms with Crippen LogP contribution in [0.15, 0.2) is 59.0 Å². The van der Waals surface area contributed by atoms with E-state index in [1.165, 1.54) is 0 Å². The molecule has 0 saturated heterocycles. The van der Waals surface area contributed by atoms with Crippen molar-refractivity contribution in [1.29, 1.82) is 0 Å². The summed E-state index contributed by atoms with van der Waals surface area (Å²) in [7, 11) is 0. The van der Waals surface area contributed by atoms with Crippen LogP contribution in [0.4, 0.5) is 10.5 Å². The largest absolute Gasteiger partial charge is 0.419 e. The molecule has 0 radical (unpaired) electrons. The number of hydrogen-bond donors (Lipinski definition) is 2. The maximum absolute atomic E-state index is 12.3. The molecule has 0 aliphatic carbocycles. The Morgan fingerprint density at radius 3 is 2.53 bits per heavy atom. The first-order chi connectivity index (χ1) is 14.5. The van der Waals surface area contributed by atoms with Gasteiger partial charge in [0.15, 0.2) is 0 Å². The zero-order valence-electron chi connectivity index (χ0n) is 16.5. The molecule has 0 aliphatic rings. The van der Waals surface area contributed by atoms with Gasteiger partial charge in [-0.05, 0) is 37.2 Å². The molecule has 0 bridgehead atoms. The lowest BCUT2D eigenvalue weighted by Gasteiger charge is -2.18. The van der Waals surface area contributed by atoms with Crippen LogP contribution in [0.3, 0.4) is 0 Å². The number of nitrogens with one attached hydrogen (secondary N) is 2. The van der Waals surface area contributed by atoms with Crippen LogP contribution in [0.1, 0.15) is 19.2 Å². The first-order valence-corrected chi connectivity index (χ1v) is 9.88. The normalized spacial score (nSPS) is 10.8. The fourth-order valence-electron chi connectivity index (χ4n) is 2.84. The second kappa shape index (κ2) is 10.5. The van der Waals surface area contributed by atoms with Crippen molar-refractivity contribution in [3.63, 3.8) is 0 Å². The second-order valence-corrected chi connectivity index (χ2v) is 6.97. The number of nitrogens with zero attached hydrogens (tertiary/aromatic N) is 3. The van der Waals surface area contributed by atoms with Crippen molar-refractivity contribution in [1.82, 2.24) is 20.4 Å². The molecular weight excluding hydrogens is 406 g/mol. The van der Waals surface area contributed by atoms with E-state index in [0.717, 1.165) is 6.42 Å². The van der Waals surface area contributed by atoms with Gasteiger partial charge < -0.3 is 9.73 Å². The molecule has 0 spiro atoms. The average molecular weight is 428 g/mol. The van der Waals surface area contributed by atoms with Gasteiger partial charge in [-0.2, -0.15) is 0 Å². The van der Waals surface area contributed by atoms with Gasteiger partial charge >= 0.3 is 6.03 Å². The molecule has 0 fully saturated rings. The van der Waals surface area contributed by atoms with Crippen molar-refractivity contribution in [2.24, 2.45) is 0 Å². The standard InChI is InChI=1S/C21H22ClN5O3/c1-2-12-27(13-18(28)24-21(29)23-15-8-4-3-5-9-15)14-19-25-26-20(30-19)16-10-6-7-11-17(16)22/h3-11H,2,12-14H2,1H3,(H2,23,24,28,29). The van der Waals surface area contributed by atoms with Crippen molar-refractivity contribution in [2.75, 3.05) is 18.4 Å². The number of rotatable bonds is 8. The SMILES string of the molecule is CCCN(CC(=O)NC(=O)Nc1ccccc1)Cc1nnc(-c2ccccc2Cl)o1. The highest BCUT2D eigenvalue weighted by atomic mass is 35.5. The number of benzene rings is 2. The Labute approximate surface area is 179 Å². The summed E-state index contributed by atoms with van der Waals surface area (Å²) in [5.41, 5.74) is 1.25. The number of urea groups is 1. The summed E-state index contributed by atoms with van der Waals surface area (Å²) in [6.07, 6.45) is 0.814. The lowest BCUT2D eigenvalue weighted by Crippen LogP contribution is -2.41. The zero-order valence-corrected chi connectivity index (χ0v) is 17.2. The van der Waals surface area contributed by atoms with Crippen LogP contribution in [0.25, 0.3) is 11.5 Å². The van der Waals surface area contributed by atoms with Crippen LogP contribution in [-0.2, 0) is 11.3 Å². The van der Waals surface area contributed by atoms with Crippen LogP contribution >= 0.6 is 11.6 Å². The number of imide groups is 1. The Balaban J connectivity index is 1.57. The van der Waals surface area contributed by atoms with Gasteiger partial charge in [0, 0.05) is 5.69 Å². The summed E-state index contributed by atoms with van der Waals surface area (Å²) in [6.45, 7) is 2.91. The summed E-state index contributed by atoms with van der Waals surface area (Å²) in [6, 6.07) is 15.5. The second-order valence-electron chi connectivity index (χ2n) is 6.56. The number of para-hydroxylation sites is 1. The summed E-state index contributed by atoms with van der Waals surface area (Å²) in [5.74, 6) is 0.251. The van der Waals surface area contributed by atoms with Crippen molar-refractivity contribution >= 4 is 29.2 Å². The Hall–Kier alpha value is -3.23. The van der Waals surface area contributed by atoms with E-state index in [1.54, 1.807) is 36.4 Å². The Bertz CT molecular complexity index is 993. The third-order valence-electron chi connectivity index (χ3n) is 4.12. The summed E-state index contributed by atoms with van der Waals surface area (Å²) in [5, 5.41) is 13.5. The van der Waals surface area contributed by atoms with Gasteiger partial charge in [-0.25, -0.2) is 4.79 Å². The number of amides is 3. The van der Waals surface area contributed by atoms with E-state index in [-0.39, 0.29) is 13.1 Å². The molecule has 8 nitrogen and oxygen atoms in total. The van der Waals surface area contributed by atoms with Crippen molar-refractivity contribution < 1.29 is 14.0 Å². The minimum absolute atomic E-state index is 0.0137. The van der Waals surface area contributed by atoms with Gasteiger partial charge in [-0.1, -0.05) is 48.9 Å². The highest BCUT2D eigenvalue weighted by molar-refractivity contribution is 6.33. The maximum atomic E-state index is 12.3. The van der Waals surface area contributed by atoms with Gasteiger partial charge in [0.25, 0.3) is 0 Å². The van der Waals surface area contributed by atoms with E-state index >= 15 is 0 Å². The smallest absolute Gasteiger partial charge is 0.325 e. The highest BCUT2D eigenvalue weighted by Crippen LogP contribution is 2.26. The van der Waals surface area contributed by atoms with Crippen LogP contribution < -0.4 is 10.6 Å². The zero-order chi connectivity index (χ0) is 21.3. The van der Waals surface area contributed by atoms with E-state index in [2.05, 4.69) is 20.8 Å². The summed E-state index contributed by atoms with van der Waals surface area (Å²) >= 11 is 6.17. The van der Waals surface area contributed by atoms with Gasteiger partial charge in [-0.15, -0.1) is 10.2 Å². The summed E-state index contributed by atoms with van der Waals surface area (Å²) in [4.78, 5) is 26.1. The molecule has 3 rings (SSSR count). The van der Waals surface area contributed by atoms with Crippen molar-refractivity contribution in [3.8, 4) is 11.5 Å².